The second-order valence-corrected chi connectivity index (χ2v) is 6.31. The molecule has 0 radical (unpaired) electrons. The Hall–Kier alpha value is -3.15. The quantitative estimate of drug-likeness (QED) is 0.721. The molecule has 2 aromatic carbocycles. The van der Waals surface area contributed by atoms with Gasteiger partial charge < -0.3 is 14.6 Å². The molecular weight excluding hydrogens is 330 g/mol. The number of carbonyl (C=O) groups is 1. The number of rotatable bonds is 6. The second-order valence-electron chi connectivity index (χ2n) is 6.31. The van der Waals surface area contributed by atoms with Crippen LogP contribution in [0.25, 0.3) is 11.5 Å². The van der Waals surface area contributed by atoms with Crippen molar-refractivity contribution < 1.29 is 14.1 Å². The third kappa shape index (κ3) is 4.27. The minimum Gasteiger partial charge on any atom is -0.483 e. The molecule has 0 aliphatic heterocycles. The number of hydrogen-bond acceptors (Lipinski definition) is 5. The lowest BCUT2D eigenvalue weighted by atomic mass is 10.2. The van der Waals surface area contributed by atoms with Crippen LogP contribution in [-0.2, 0) is 4.79 Å². The number of aromatic nitrogens is 2. The fourth-order valence-corrected chi connectivity index (χ4v) is 2.33. The Kier molecular flexibility index (Phi) is 5.31. The molecule has 0 unspecified atom stereocenters. The van der Waals surface area contributed by atoms with Crippen molar-refractivity contribution in [1.29, 1.82) is 0 Å². The van der Waals surface area contributed by atoms with Crippen molar-refractivity contribution in [3.63, 3.8) is 0 Å². The van der Waals surface area contributed by atoms with Gasteiger partial charge in [0.05, 0.1) is 5.56 Å². The molecule has 0 atom stereocenters. The van der Waals surface area contributed by atoms with E-state index in [0.717, 1.165) is 11.3 Å². The second kappa shape index (κ2) is 7.82. The molecule has 1 aromatic heterocycles. The number of para-hydroxylation sites is 1. The molecule has 134 valence electrons. The lowest BCUT2D eigenvalue weighted by molar-refractivity contribution is -0.118. The number of carbonyl (C=O) groups excluding carboxylic acids is 1. The first-order chi connectivity index (χ1) is 12.5. The number of ether oxygens (including phenoxy) is 1. The highest BCUT2D eigenvalue weighted by Crippen LogP contribution is 2.29. The first kappa shape index (κ1) is 17.7. The maximum atomic E-state index is 12.1. The smallest absolute Gasteiger partial charge is 0.262 e. The maximum Gasteiger partial charge on any atom is 0.262 e. The number of hydrogen-bond donors (Lipinski definition) is 1. The summed E-state index contributed by atoms with van der Waals surface area (Å²) in [4.78, 5) is 16.5. The predicted molar refractivity (Wildman–Crippen MR) is 99.1 cm³/mol. The van der Waals surface area contributed by atoms with E-state index in [1.54, 1.807) is 6.07 Å². The van der Waals surface area contributed by atoms with Crippen molar-refractivity contribution in [2.45, 2.75) is 26.7 Å². The molecule has 1 N–H and O–H groups in total. The first-order valence-electron chi connectivity index (χ1n) is 8.45. The fourth-order valence-electron chi connectivity index (χ4n) is 2.33. The summed E-state index contributed by atoms with van der Waals surface area (Å²) in [7, 11) is 0. The highest BCUT2D eigenvalue weighted by molar-refractivity contribution is 5.92. The molecule has 0 saturated heterocycles. The highest BCUT2D eigenvalue weighted by atomic mass is 16.5. The first-order valence-corrected chi connectivity index (χ1v) is 8.45. The molecule has 3 aromatic rings. The zero-order valence-electron chi connectivity index (χ0n) is 15.0. The van der Waals surface area contributed by atoms with Crippen LogP contribution in [-0.4, -0.2) is 22.7 Å². The van der Waals surface area contributed by atoms with Gasteiger partial charge in [-0.2, -0.15) is 4.98 Å². The van der Waals surface area contributed by atoms with Crippen molar-refractivity contribution in [1.82, 2.24) is 10.1 Å². The molecule has 0 fully saturated rings. The van der Waals surface area contributed by atoms with Crippen molar-refractivity contribution >= 4 is 11.6 Å². The molecule has 6 heteroatoms. The summed E-state index contributed by atoms with van der Waals surface area (Å²) in [5.74, 6) is 1.46. The normalized spacial score (nSPS) is 10.8. The van der Waals surface area contributed by atoms with Crippen LogP contribution < -0.4 is 10.1 Å². The Morgan fingerprint density at radius 1 is 1.15 bits per heavy atom. The molecule has 26 heavy (non-hydrogen) atoms. The van der Waals surface area contributed by atoms with Crippen LogP contribution in [0.2, 0.25) is 0 Å². The van der Waals surface area contributed by atoms with Gasteiger partial charge in [-0.15, -0.1) is 0 Å². The van der Waals surface area contributed by atoms with Crippen molar-refractivity contribution in [3.8, 4) is 17.2 Å². The van der Waals surface area contributed by atoms with E-state index in [9.17, 15) is 4.79 Å². The molecule has 0 aliphatic carbocycles. The number of nitrogens with zero attached hydrogens (tertiary/aromatic N) is 2. The average molecular weight is 351 g/mol. The lowest BCUT2D eigenvalue weighted by Gasteiger charge is -2.10. The van der Waals surface area contributed by atoms with Gasteiger partial charge in [-0.05, 0) is 31.2 Å². The van der Waals surface area contributed by atoms with E-state index in [4.69, 9.17) is 9.26 Å². The largest absolute Gasteiger partial charge is 0.483 e. The van der Waals surface area contributed by atoms with E-state index in [1.807, 2.05) is 63.2 Å². The number of amides is 1. The molecule has 3 rings (SSSR count). The van der Waals surface area contributed by atoms with Crippen LogP contribution >= 0.6 is 0 Å². The monoisotopic (exact) mass is 351 g/mol. The van der Waals surface area contributed by atoms with Crippen LogP contribution in [0.15, 0.2) is 53.1 Å². The number of benzene rings is 2. The van der Waals surface area contributed by atoms with E-state index in [0.29, 0.717) is 23.0 Å². The van der Waals surface area contributed by atoms with Gasteiger partial charge in [0.1, 0.15) is 5.75 Å². The fraction of sp³-hybridized carbons (Fsp3) is 0.250. The summed E-state index contributed by atoms with van der Waals surface area (Å²) >= 11 is 0. The summed E-state index contributed by atoms with van der Waals surface area (Å²) in [6.07, 6.45) is 0. The minimum atomic E-state index is -0.239. The predicted octanol–water partition coefficient (Wildman–Crippen LogP) is 4.19. The van der Waals surface area contributed by atoms with Crippen LogP contribution in [0.4, 0.5) is 5.69 Å². The van der Waals surface area contributed by atoms with E-state index in [1.165, 1.54) is 0 Å². The lowest BCUT2D eigenvalue weighted by Crippen LogP contribution is -2.20. The van der Waals surface area contributed by atoms with Gasteiger partial charge in [0.25, 0.3) is 11.8 Å². The van der Waals surface area contributed by atoms with Crippen LogP contribution in [0.5, 0.6) is 5.75 Å². The third-order valence-electron chi connectivity index (χ3n) is 3.77. The summed E-state index contributed by atoms with van der Waals surface area (Å²) < 4.78 is 11.0. The topological polar surface area (TPSA) is 77.2 Å². The standard InChI is InChI=1S/C20H21N3O3/c1-13(2)19-22-20(26-23-19)16-6-4-5-7-17(16)25-12-18(24)21-15-10-8-14(3)9-11-15/h4-11,13H,12H2,1-3H3,(H,21,24). The Bertz CT molecular complexity index is 885. The summed E-state index contributed by atoms with van der Waals surface area (Å²) in [5.41, 5.74) is 2.53. The zero-order chi connectivity index (χ0) is 18.5. The van der Waals surface area contributed by atoms with Gasteiger partial charge in [0.15, 0.2) is 12.4 Å². The van der Waals surface area contributed by atoms with Gasteiger partial charge in [-0.25, -0.2) is 0 Å². The Morgan fingerprint density at radius 2 is 1.88 bits per heavy atom. The molecule has 0 aliphatic rings. The van der Waals surface area contributed by atoms with E-state index in [2.05, 4.69) is 15.5 Å². The Morgan fingerprint density at radius 3 is 2.58 bits per heavy atom. The zero-order valence-corrected chi connectivity index (χ0v) is 15.0. The molecule has 0 saturated carbocycles. The van der Waals surface area contributed by atoms with Gasteiger partial charge in [-0.3, -0.25) is 4.79 Å². The molecule has 0 bridgehead atoms. The highest BCUT2D eigenvalue weighted by Gasteiger charge is 2.16. The van der Waals surface area contributed by atoms with Gasteiger partial charge in [-0.1, -0.05) is 48.8 Å². The average Bonchev–Trinajstić information content (AvgIpc) is 3.12. The van der Waals surface area contributed by atoms with E-state index >= 15 is 0 Å². The van der Waals surface area contributed by atoms with Crippen LogP contribution in [0.1, 0.15) is 31.2 Å². The number of aryl methyl sites for hydroxylation is 1. The summed E-state index contributed by atoms with van der Waals surface area (Å²) in [6, 6.07) is 14.9. The van der Waals surface area contributed by atoms with Gasteiger partial charge >= 0.3 is 0 Å². The molecular formula is C20H21N3O3. The molecule has 1 heterocycles. The molecule has 1 amide bonds. The summed E-state index contributed by atoms with van der Waals surface area (Å²) in [5, 5.41) is 6.77. The van der Waals surface area contributed by atoms with Crippen molar-refractivity contribution in [3.05, 3.63) is 59.9 Å². The molecule has 0 spiro atoms. The third-order valence-corrected chi connectivity index (χ3v) is 3.77. The van der Waals surface area contributed by atoms with E-state index in [-0.39, 0.29) is 18.4 Å². The Balaban J connectivity index is 1.68. The van der Waals surface area contributed by atoms with Crippen molar-refractivity contribution in [2.75, 3.05) is 11.9 Å². The van der Waals surface area contributed by atoms with Crippen LogP contribution in [0.3, 0.4) is 0 Å². The summed E-state index contributed by atoms with van der Waals surface area (Å²) in [6.45, 7) is 5.86. The van der Waals surface area contributed by atoms with Gasteiger partial charge in [0, 0.05) is 11.6 Å². The van der Waals surface area contributed by atoms with Crippen LogP contribution in [0, 0.1) is 6.92 Å². The minimum absolute atomic E-state index is 0.115. The maximum absolute atomic E-state index is 12.1. The SMILES string of the molecule is Cc1ccc(NC(=O)COc2ccccc2-c2nc(C(C)C)no2)cc1. The molecule has 6 nitrogen and oxygen atoms in total. The van der Waals surface area contributed by atoms with E-state index < -0.39 is 0 Å². The number of anilines is 1. The van der Waals surface area contributed by atoms with Gasteiger partial charge in [0.2, 0.25) is 0 Å². The number of nitrogens with one attached hydrogen (secondary N) is 1. The van der Waals surface area contributed by atoms with Crippen molar-refractivity contribution in [2.24, 2.45) is 0 Å². The Labute approximate surface area is 152 Å².